The summed E-state index contributed by atoms with van der Waals surface area (Å²) in [4.78, 5) is 21.6. The highest BCUT2D eigenvalue weighted by Crippen LogP contribution is 2.25. The minimum Gasteiger partial charge on any atom is -0.330 e. The average Bonchev–Trinajstić information content (AvgIpc) is 3.08. The molecule has 0 aromatic heterocycles. The molecule has 0 atom stereocenters. The van der Waals surface area contributed by atoms with Crippen LogP contribution in [0.2, 0.25) is 0 Å². The van der Waals surface area contributed by atoms with Crippen LogP contribution >= 0.6 is 7.82 Å². The van der Waals surface area contributed by atoms with Crippen LogP contribution < -0.4 is 17.2 Å². The fourth-order valence-electron chi connectivity index (χ4n) is 5.96. The zero-order chi connectivity index (χ0) is 38.1. The molecule has 0 fully saturated rings. The molecule has 0 bridgehead atoms. The second kappa shape index (κ2) is 55.7. The topological polar surface area (TPSA) is 156 Å². The van der Waals surface area contributed by atoms with E-state index >= 15 is 0 Å². The van der Waals surface area contributed by atoms with E-state index in [1.54, 1.807) is 0 Å². The van der Waals surface area contributed by atoms with Crippen molar-refractivity contribution in [2.24, 2.45) is 17.2 Å². The molecule has 0 spiro atoms. The summed E-state index contributed by atoms with van der Waals surface area (Å²) < 4.78 is 8.88. The molecule has 0 aromatic rings. The van der Waals surface area contributed by atoms with Crippen LogP contribution in [0.1, 0.15) is 252 Å². The Hall–Kier alpha value is -0.0100. The van der Waals surface area contributed by atoms with Crippen molar-refractivity contribution in [3.05, 3.63) is 0 Å². The third kappa shape index (κ3) is 81.8. The fraction of sp³-hybridized carbons (Fsp3) is 1.00. The molecule has 7 nitrogen and oxygen atoms in total. The highest BCUT2D eigenvalue weighted by atomic mass is 31.2. The van der Waals surface area contributed by atoms with Gasteiger partial charge in [-0.25, -0.2) is 4.57 Å². The van der Waals surface area contributed by atoms with Crippen molar-refractivity contribution >= 4 is 7.82 Å². The number of hydrogen-bond donors (Lipinski definition) is 6. The van der Waals surface area contributed by atoms with Crippen molar-refractivity contribution in [1.29, 1.82) is 0 Å². The van der Waals surface area contributed by atoms with Gasteiger partial charge in [0.1, 0.15) is 0 Å². The van der Waals surface area contributed by atoms with Crippen molar-refractivity contribution in [1.82, 2.24) is 0 Å². The van der Waals surface area contributed by atoms with Gasteiger partial charge in [0.15, 0.2) is 0 Å². The Morgan fingerprint density at radius 1 is 0.280 bits per heavy atom. The Bertz CT molecular complexity index is 475. The molecule has 50 heavy (non-hydrogen) atoms. The third-order valence-electron chi connectivity index (χ3n) is 9.17. The summed E-state index contributed by atoms with van der Waals surface area (Å²) in [7, 11) is -4.64. The predicted molar refractivity (Wildman–Crippen MR) is 225 cm³/mol. The van der Waals surface area contributed by atoms with Crippen molar-refractivity contribution in [2.45, 2.75) is 252 Å². The average molecular weight is 738 g/mol. The van der Waals surface area contributed by atoms with Gasteiger partial charge in [0.2, 0.25) is 0 Å². The molecule has 0 unspecified atom stereocenters. The van der Waals surface area contributed by atoms with Gasteiger partial charge in [0.05, 0.1) is 0 Å². The summed E-state index contributed by atoms with van der Waals surface area (Å²) in [6, 6.07) is 0. The first kappa shape index (κ1) is 56.7. The molecule has 0 amide bonds. The van der Waals surface area contributed by atoms with Crippen LogP contribution in [0, 0.1) is 0 Å². The minimum atomic E-state index is -4.64. The van der Waals surface area contributed by atoms with Crippen LogP contribution in [-0.2, 0) is 4.57 Å². The van der Waals surface area contributed by atoms with Crippen LogP contribution in [0.15, 0.2) is 0 Å². The summed E-state index contributed by atoms with van der Waals surface area (Å²) in [6.45, 7) is 9.45. The highest BCUT2D eigenvalue weighted by molar-refractivity contribution is 7.45. The number of unbranched alkanes of at least 4 members (excludes halogenated alkanes) is 33. The molecule has 0 saturated heterocycles. The van der Waals surface area contributed by atoms with Gasteiger partial charge in [-0.15, -0.1) is 0 Å². The molecule has 0 aliphatic heterocycles. The number of rotatable bonds is 36. The lowest BCUT2D eigenvalue weighted by Gasteiger charge is -2.01. The van der Waals surface area contributed by atoms with Gasteiger partial charge in [-0.3, -0.25) is 0 Å². The summed E-state index contributed by atoms with van der Waals surface area (Å²) in [5, 5.41) is 0. The van der Waals surface area contributed by atoms with Crippen molar-refractivity contribution in [3.63, 3.8) is 0 Å². The van der Waals surface area contributed by atoms with Crippen molar-refractivity contribution < 1.29 is 19.2 Å². The van der Waals surface area contributed by atoms with E-state index in [2.05, 4.69) is 20.8 Å². The summed E-state index contributed by atoms with van der Waals surface area (Å²) in [6.07, 6.45) is 50.7. The Kier molecular flexibility index (Phi) is 63.2. The van der Waals surface area contributed by atoms with Gasteiger partial charge >= 0.3 is 7.82 Å². The molecule has 0 saturated carbocycles. The quantitative estimate of drug-likeness (QED) is 0.0276. The number of nitrogens with two attached hydrogens (primary N) is 3. The van der Waals surface area contributed by atoms with E-state index in [0.717, 1.165) is 19.6 Å². The van der Waals surface area contributed by atoms with Gasteiger partial charge < -0.3 is 31.9 Å². The minimum absolute atomic E-state index is 0.872. The van der Waals surface area contributed by atoms with Crippen LogP contribution in [0.3, 0.4) is 0 Å². The van der Waals surface area contributed by atoms with Gasteiger partial charge in [-0.2, -0.15) is 0 Å². The maximum atomic E-state index is 8.88. The fourth-order valence-corrected chi connectivity index (χ4v) is 5.96. The molecule has 8 heteroatoms. The number of phosphoric acid groups is 1. The maximum absolute atomic E-state index is 8.88. The lowest BCUT2D eigenvalue weighted by molar-refractivity contribution is 0.275. The van der Waals surface area contributed by atoms with E-state index < -0.39 is 7.82 Å². The molecule has 0 aromatic carbocycles. The summed E-state index contributed by atoms with van der Waals surface area (Å²) >= 11 is 0. The summed E-state index contributed by atoms with van der Waals surface area (Å²) in [5.41, 5.74) is 16.3. The van der Waals surface area contributed by atoms with Gasteiger partial charge in [0, 0.05) is 0 Å². The lowest BCUT2D eigenvalue weighted by atomic mass is 10.1. The maximum Gasteiger partial charge on any atom is 0.466 e. The van der Waals surface area contributed by atoms with Crippen molar-refractivity contribution in [3.8, 4) is 0 Å². The van der Waals surface area contributed by atoms with E-state index in [4.69, 9.17) is 36.4 Å². The monoisotopic (exact) mass is 738 g/mol. The van der Waals surface area contributed by atoms with Gasteiger partial charge in [-0.05, 0) is 38.9 Å². The van der Waals surface area contributed by atoms with E-state index in [0.29, 0.717) is 0 Å². The normalized spacial score (nSPS) is 10.9. The van der Waals surface area contributed by atoms with E-state index in [9.17, 15) is 0 Å². The molecule has 0 radical (unpaired) electrons. The first-order valence-corrected chi connectivity index (χ1v) is 23.7. The molecule has 9 N–H and O–H groups in total. The lowest BCUT2D eigenvalue weighted by Crippen LogP contribution is -1.97. The molecule has 0 rings (SSSR count). The van der Waals surface area contributed by atoms with Crippen LogP contribution in [0.25, 0.3) is 0 Å². The van der Waals surface area contributed by atoms with Gasteiger partial charge in [0.25, 0.3) is 0 Å². The molecule has 0 aliphatic carbocycles. The van der Waals surface area contributed by atoms with E-state index in [1.807, 2.05) is 0 Å². The Balaban J connectivity index is -0.000000296. The van der Waals surface area contributed by atoms with Crippen molar-refractivity contribution in [2.75, 3.05) is 19.6 Å². The zero-order valence-electron chi connectivity index (χ0n) is 34.5. The Morgan fingerprint density at radius 2 is 0.380 bits per heavy atom. The van der Waals surface area contributed by atoms with Gasteiger partial charge in [-0.1, -0.05) is 233 Å². The Labute approximate surface area is 315 Å². The van der Waals surface area contributed by atoms with Crippen LogP contribution in [0.5, 0.6) is 0 Å². The third-order valence-corrected chi connectivity index (χ3v) is 9.17. The zero-order valence-corrected chi connectivity index (χ0v) is 35.4. The van der Waals surface area contributed by atoms with Crippen LogP contribution in [-0.4, -0.2) is 34.3 Å². The predicted octanol–water partition coefficient (Wildman–Crippen LogP) is 13.0. The first-order chi connectivity index (χ1) is 24.2. The Morgan fingerprint density at radius 3 is 0.480 bits per heavy atom. The second-order valence-electron chi connectivity index (χ2n) is 14.5. The molecular formula is C42H96N3O4P. The van der Waals surface area contributed by atoms with Crippen LogP contribution in [0.4, 0.5) is 0 Å². The summed E-state index contributed by atoms with van der Waals surface area (Å²) in [5.74, 6) is 0. The molecule has 0 aliphatic rings. The smallest absolute Gasteiger partial charge is 0.330 e. The molecule has 308 valence electrons. The largest absolute Gasteiger partial charge is 0.466 e. The molecular weight excluding hydrogens is 641 g/mol. The standard InChI is InChI=1S/3C14H31N.H3O4P/c3*1-2-3-4-5-6-7-8-9-10-11-12-13-14-15;1-5(2,3)4/h3*2-15H2,1H3;(H3,1,2,3,4). The first-order valence-electron chi connectivity index (χ1n) is 22.1. The molecule has 0 heterocycles. The van der Waals surface area contributed by atoms with E-state index in [-0.39, 0.29) is 0 Å². The number of hydrogen-bond acceptors (Lipinski definition) is 4. The van der Waals surface area contributed by atoms with E-state index in [1.165, 1.54) is 231 Å². The highest BCUT2D eigenvalue weighted by Gasteiger charge is 2.00. The SMILES string of the molecule is CCCCCCCCCCCCCCN.CCCCCCCCCCCCCCN.CCCCCCCCCCCCCCN.O=P(O)(O)O. The second-order valence-corrected chi connectivity index (χ2v) is 15.6.